The van der Waals surface area contributed by atoms with Crippen molar-refractivity contribution in [3.63, 3.8) is 0 Å². The number of carbonyl (C=O) groups is 4. The van der Waals surface area contributed by atoms with Gasteiger partial charge in [0.2, 0.25) is 11.8 Å². The van der Waals surface area contributed by atoms with E-state index in [1.807, 2.05) is 20.8 Å². The number of hydrogen-bond donors (Lipinski definition) is 2. The highest BCUT2D eigenvalue weighted by atomic mass is 16.2. The SMILES string of the molecule is CC(C)(C)NC(=O)CNC(=O)CCN1C(=O)c2ccccc2C1=O. The van der Waals surface area contributed by atoms with Crippen LogP contribution < -0.4 is 10.6 Å². The summed E-state index contributed by atoms with van der Waals surface area (Å²) in [6.45, 7) is 5.37. The van der Waals surface area contributed by atoms with Crippen molar-refractivity contribution in [1.82, 2.24) is 15.5 Å². The Labute approximate surface area is 140 Å². The number of amides is 4. The van der Waals surface area contributed by atoms with Gasteiger partial charge in [-0.15, -0.1) is 0 Å². The first-order valence-corrected chi connectivity index (χ1v) is 7.72. The highest BCUT2D eigenvalue weighted by Crippen LogP contribution is 2.22. The predicted molar refractivity (Wildman–Crippen MR) is 87.3 cm³/mol. The number of imide groups is 1. The number of carbonyl (C=O) groups excluding carboxylic acids is 4. The molecule has 24 heavy (non-hydrogen) atoms. The third-order valence-electron chi connectivity index (χ3n) is 3.40. The van der Waals surface area contributed by atoms with Crippen molar-refractivity contribution in [1.29, 1.82) is 0 Å². The molecular formula is C17H21N3O4. The van der Waals surface area contributed by atoms with E-state index < -0.39 is 17.7 Å². The monoisotopic (exact) mass is 331 g/mol. The van der Waals surface area contributed by atoms with Gasteiger partial charge in [0, 0.05) is 18.5 Å². The Bertz CT molecular complexity index is 656. The molecular weight excluding hydrogens is 310 g/mol. The highest BCUT2D eigenvalue weighted by molar-refractivity contribution is 6.21. The van der Waals surface area contributed by atoms with Crippen molar-refractivity contribution in [2.24, 2.45) is 0 Å². The summed E-state index contributed by atoms with van der Waals surface area (Å²) < 4.78 is 0. The maximum absolute atomic E-state index is 12.2. The van der Waals surface area contributed by atoms with Gasteiger partial charge < -0.3 is 10.6 Å². The molecule has 0 aromatic heterocycles. The van der Waals surface area contributed by atoms with E-state index in [2.05, 4.69) is 10.6 Å². The fourth-order valence-electron chi connectivity index (χ4n) is 2.39. The predicted octanol–water partition coefficient (Wildman–Crippen LogP) is 0.704. The smallest absolute Gasteiger partial charge is 0.261 e. The van der Waals surface area contributed by atoms with E-state index in [9.17, 15) is 19.2 Å². The average Bonchev–Trinajstić information content (AvgIpc) is 2.74. The molecule has 0 atom stereocenters. The topological polar surface area (TPSA) is 95.6 Å². The van der Waals surface area contributed by atoms with Crippen molar-refractivity contribution in [2.75, 3.05) is 13.1 Å². The van der Waals surface area contributed by atoms with E-state index in [4.69, 9.17) is 0 Å². The van der Waals surface area contributed by atoms with Gasteiger partial charge >= 0.3 is 0 Å². The van der Waals surface area contributed by atoms with E-state index in [0.29, 0.717) is 11.1 Å². The normalized spacial score (nSPS) is 13.7. The first kappa shape index (κ1) is 17.7. The van der Waals surface area contributed by atoms with E-state index in [-0.39, 0.29) is 31.0 Å². The molecule has 0 radical (unpaired) electrons. The van der Waals surface area contributed by atoms with E-state index >= 15 is 0 Å². The molecule has 0 spiro atoms. The molecule has 1 aromatic rings. The first-order chi connectivity index (χ1) is 11.2. The highest BCUT2D eigenvalue weighted by Gasteiger charge is 2.34. The minimum Gasteiger partial charge on any atom is -0.350 e. The minimum absolute atomic E-state index is 0.0148. The van der Waals surface area contributed by atoms with E-state index in [0.717, 1.165) is 4.90 Å². The zero-order valence-electron chi connectivity index (χ0n) is 14.0. The summed E-state index contributed by atoms with van der Waals surface area (Å²) in [6.07, 6.45) is -0.0474. The maximum atomic E-state index is 12.2. The van der Waals surface area contributed by atoms with E-state index in [1.165, 1.54) is 0 Å². The third-order valence-corrected chi connectivity index (χ3v) is 3.40. The molecule has 2 rings (SSSR count). The van der Waals surface area contributed by atoms with Crippen molar-refractivity contribution in [3.8, 4) is 0 Å². The average molecular weight is 331 g/mol. The van der Waals surface area contributed by atoms with Gasteiger partial charge in [-0.2, -0.15) is 0 Å². The molecule has 1 aromatic carbocycles. The summed E-state index contributed by atoms with van der Waals surface area (Å²) in [5.41, 5.74) is 0.335. The van der Waals surface area contributed by atoms with Crippen LogP contribution >= 0.6 is 0 Å². The van der Waals surface area contributed by atoms with Crippen molar-refractivity contribution < 1.29 is 19.2 Å². The molecule has 0 fully saturated rings. The van der Waals surface area contributed by atoms with Gasteiger partial charge in [-0.25, -0.2) is 0 Å². The lowest BCUT2D eigenvalue weighted by molar-refractivity contribution is -0.126. The molecule has 2 N–H and O–H groups in total. The van der Waals surface area contributed by atoms with Gasteiger partial charge in [0.1, 0.15) is 0 Å². The van der Waals surface area contributed by atoms with Crippen molar-refractivity contribution >= 4 is 23.6 Å². The number of fused-ring (bicyclic) bond motifs is 1. The van der Waals surface area contributed by atoms with Gasteiger partial charge in [-0.05, 0) is 32.9 Å². The van der Waals surface area contributed by atoms with Crippen LogP contribution in [0.25, 0.3) is 0 Å². The van der Waals surface area contributed by atoms with Crippen LogP contribution in [-0.2, 0) is 9.59 Å². The zero-order chi connectivity index (χ0) is 17.9. The number of benzene rings is 1. The molecule has 0 bridgehead atoms. The van der Waals surface area contributed by atoms with Crippen LogP contribution in [-0.4, -0.2) is 47.2 Å². The second kappa shape index (κ2) is 6.82. The van der Waals surface area contributed by atoms with Crippen LogP contribution in [0.4, 0.5) is 0 Å². The largest absolute Gasteiger partial charge is 0.350 e. The van der Waals surface area contributed by atoms with Crippen molar-refractivity contribution in [3.05, 3.63) is 35.4 Å². The molecule has 7 heteroatoms. The lowest BCUT2D eigenvalue weighted by atomic mass is 10.1. The Morgan fingerprint density at radius 2 is 1.54 bits per heavy atom. The van der Waals surface area contributed by atoms with Gasteiger partial charge in [-0.1, -0.05) is 12.1 Å². The summed E-state index contributed by atoms with van der Waals surface area (Å²) in [6, 6.07) is 6.56. The molecule has 1 aliphatic rings. The molecule has 7 nitrogen and oxygen atoms in total. The van der Waals surface area contributed by atoms with Crippen LogP contribution in [0.3, 0.4) is 0 Å². The quantitative estimate of drug-likeness (QED) is 0.777. The molecule has 1 heterocycles. The van der Waals surface area contributed by atoms with Crippen LogP contribution in [0.1, 0.15) is 47.9 Å². The molecule has 0 aliphatic carbocycles. The van der Waals surface area contributed by atoms with E-state index in [1.54, 1.807) is 24.3 Å². The molecule has 128 valence electrons. The second-order valence-corrected chi connectivity index (χ2v) is 6.63. The minimum atomic E-state index is -0.395. The first-order valence-electron chi connectivity index (χ1n) is 7.72. The molecule has 4 amide bonds. The number of rotatable bonds is 5. The summed E-state index contributed by atoms with van der Waals surface area (Å²) in [5, 5.41) is 5.20. The Kier molecular flexibility index (Phi) is 5.02. The van der Waals surface area contributed by atoms with Gasteiger partial charge in [0.15, 0.2) is 0 Å². The van der Waals surface area contributed by atoms with Crippen LogP contribution in [0.2, 0.25) is 0 Å². The maximum Gasteiger partial charge on any atom is 0.261 e. The zero-order valence-corrected chi connectivity index (χ0v) is 14.0. The Morgan fingerprint density at radius 1 is 1.00 bits per heavy atom. The number of nitrogens with one attached hydrogen (secondary N) is 2. The second-order valence-electron chi connectivity index (χ2n) is 6.63. The van der Waals surface area contributed by atoms with Crippen LogP contribution in [0.5, 0.6) is 0 Å². The van der Waals surface area contributed by atoms with Crippen LogP contribution in [0, 0.1) is 0 Å². The van der Waals surface area contributed by atoms with Gasteiger partial charge in [-0.3, -0.25) is 24.1 Å². The number of hydrogen-bond acceptors (Lipinski definition) is 4. The Morgan fingerprint density at radius 3 is 2.04 bits per heavy atom. The molecule has 0 saturated heterocycles. The van der Waals surface area contributed by atoms with Crippen LogP contribution in [0.15, 0.2) is 24.3 Å². The molecule has 1 aliphatic heterocycles. The molecule has 0 unspecified atom stereocenters. The molecule has 0 saturated carbocycles. The fourth-order valence-corrected chi connectivity index (χ4v) is 2.39. The lowest BCUT2D eigenvalue weighted by Gasteiger charge is -2.20. The van der Waals surface area contributed by atoms with Gasteiger partial charge in [0.05, 0.1) is 17.7 Å². The lowest BCUT2D eigenvalue weighted by Crippen LogP contribution is -2.46. The van der Waals surface area contributed by atoms with Gasteiger partial charge in [0.25, 0.3) is 11.8 Å². The summed E-state index contributed by atoms with van der Waals surface area (Å²) in [7, 11) is 0. The third kappa shape index (κ3) is 4.18. The van der Waals surface area contributed by atoms with Crippen molar-refractivity contribution in [2.45, 2.75) is 32.7 Å². The summed E-state index contributed by atoms with van der Waals surface area (Å²) in [4.78, 5) is 48.8. The Balaban J connectivity index is 1.82. The standard InChI is InChI=1S/C17H21N3O4/c1-17(2,3)19-14(22)10-18-13(21)8-9-20-15(23)11-6-4-5-7-12(11)16(20)24/h4-7H,8-10H2,1-3H3,(H,18,21)(H,19,22). The number of nitrogens with zero attached hydrogens (tertiary/aromatic N) is 1. The summed E-state index contributed by atoms with van der Waals surface area (Å²) in [5.74, 6) is -1.48. The summed E-state index contributed by atoms with van der Waals surface area (Å²) >= 11 is 0. The fraction of sp³-hybridized carbons (Fsp3) is 0.412. The Hall–Kier alpha value is -2.70.